The van der Waals surface area contributed by atoms with Crippen molar-refractivity contribution in [2.45, 2.75) is 38.5 Å². The van der Waals surface area contributed by atoms with Crippen LogP contribution in [0, 0.1) is 5.92 Å². The zero-order chi connectivity index (χ0) is 15.7. The summed E-state index contributed by atoms with van der Waals surface area (Å²) in [5, 5.41) is 5.10. The van der Waals surface area contributed by atoms with E-state index in [-0.39, 0.29) is 17.6 Å². The number of hydrogen-bond donors (Lipinski definition) is 1. The normalized spacial score (nSPS) is 22.4. The zero-order valence-electron chi connectivity index (χ0n) is 12.6. The molecule has 1 aliphatic heterocycles. The first-order valence-electron chi connectivity index (χ1n) is 7.84. The van der Waals surface area contributed by atoms with E-state index in [1.54, 1.807) is 16.2 Å². The van der Waals surface area contributed by atoms with Gasteiger partial charge in [0, 0.05) is 18.0 Å². The highest BCUT2D eigenvalue weighted by Gasteiger charge is 2.30. The standard InChI is InChI=1S/C15H22N2O3S2/c16-22(19,20)10-11-6-7-17(9-11)15(18)14-8-12-4-2-1-3-5-13(12)21-14/h8,11H,1-7,9-10H2,(H2,16,19,20). The molecule has 1 atom stereocenters. The molecule has 1 saturated heterocycles. The summed E-state index contributed by atoms with van der Waals surface area (Å²) in [6, 6.07) is 2.06. The third kappa shape index (κ3) is 3.70. The van der Waals surface area contributed by atoms with Crippen LogP contribution in [0.2, 0.25) is 0 Å². The molecule has 1 aliphatic carbocycles. The minimum atomic E-state index is -3.46. The van der Waals surface area contributed by atoms with Gasteiger partial charge in [-0.1, -0.05) is 6.42 Å². The molecular formula is C15H22N2O3S2. The third-order valence-corrected chi connectivity index (χ3v) is 6.66. The average Bonchev–Trinajstić information content (AvgIpc) is 2.99. The molecule has 1 unspecified atom stereocenters. The van der Waals surface area contributed by atoms with Crippen LogP contribution in [0.25, 0.3) is 0 Å². The van der Waals surface area contributed by atoms with Crippen LogP contribution in [0.1, 0.15) is 45.8 Å². The van der Waals surface area contributed by atoms with Crippen molar-refractivity contribution in [2.24, 2.45) is 11.1 Å². The van der Waals surface area contributed by atoms with Crippen molar-refractivity contribution >= 4 is 27.3 Å². The Balaban J connectivity index is 1.67. The first-order chi connectivity index (χ1) is 10.4. The molecule has 1 fully saturated rings. The molecule has 2 heterocycles. The number of thiophene rings is 1. The van der Waals surface area contributed by atoms with Crippen molar-refractivity contribution in [3.05, 3.63) is 21.4 Å². The summed E-state index contributed by atoms with van der Waals surface area (Å²) in [5.41, 5.74) is 1.34. The molecule has 1 aromatic heterocycles. The van der Waals surface area contributed by atoms with Crippen molar-refractivity contribution in [3.63, 3.8) is 0 Å². The quantitative estimate of drug-likeness (QED) is 0.850. The highest BCUT2D eigenvalue weighted by atomic mass is 32.2. The van der Waals surface area contributed by atoms with Gasteiger partial charge in [0.2, 0.25) is 10.0 Å². The number of likely N-dealkylation sites (tertiary alicyclic amines) is 1. The summed E-state index contributed by atoms with van der Waals surface area (Å²) in [7, 11) is -3.46. The molecule has 0 spiro atoms. The van der Waals surface area contributed by atoms with Crippen molar-refractivity contribution in [1.82, 2.24) is 4.90 Å². The van der Waals surface area contributed by atoms with E-state index in [9.17, 15) is 13.2 Å². The maximum absolute atomic E-state index is 12.6. The van der Waals surface area contributed by atoms with E-state index in [0.717, 1.165) is 17.7 Å². The summed E-state index contributed by atoms with van der Waals surface area (Å²) >= 11 is 1.62. The van der Waals surface area contributed by atoms with Crippen LogP contribution in [-0.2, 0) is 22.9 Å². The van der Waals surface area contributed by atoms with E-state index in [4.69, 9.17) is 5.14 Å². The first-order valence-corrected chi connectivity index (χ1v) is 10.4. The van der Waals surface area contributed by atoms with Gasteiger partial charge in [0.25, 0.3) is 5.91 Å². The second-order valence-electron chi connectivity index (χ2n) is 6.36. The van der Waals surface area contributed by atoms with Gasteiger partial charge in [-0.05, 0) is 49.7 Å². The van der Waals surface area contributed by atoms with Crippen molar-refractivity contribution in [2.75, 3.05) is 18.8 Å². The van der Waals surface area contributed by atoms with Gasteiger partial charge in [0.1, 0.15) is 0 Å². The highest BCUT2D eigenvalue weighted by molar-refractivity contribution is 7.89. The molecule has 0 saturated carbocycles. The Morgan fingerprint density at radius 2 is 2.09 bits per heavy atom. The lowest BCUT2D eigenvalue weighted by Gasteiger charge is -2.15. The van der Waals surface area contributed by atoms with Gasteiger partial charge < -0.3 is 4.90 Å². The lowest BCUT2D eigenvalue weighted by atomic mass is 10.1. The van der Waals surface area contributed by atoms with Crippen molar-refractivity contribution < 1.29 is 13.2 Å². The minimum absolute atomic E-state index is 0.0300. The summed E-state index contributed by atoms with van der Waals surface area (Å²) < 4.78 is 22.4. The van der Waals surface area contributed by atoms with Gasteiger partial charge in [-0.2, -0.15) is 0 Å². The summed E-state index contributed by atoms with van der Waals surface area (Å²) in [6.45, 7) is 1.12. The Kier molecular flexibility index (Phi) is 4.56. The summed E-state index contributed by atoms with van der Waals surface area (Å²) in [5.74, 6) is -0.00992. The molecule has 5 nitrogen and oxygen atoms in total. The van der Waals surface area contributed by atoms with E-state index in [1.807, 2.05) is 0 Å². The van der Waals surface area contributed by atoms with E-state index >= 15 is 0 Å². The molecule has 3 rings (SSSR count). The molecule has 1 amide bonds. The Hall–Kier alpha value is -0.920. The highest BCUT2D eigenvalue weighted by Crippen LogP contribution is 2.30. The second kappa shape index (κ2) is 6.29. The van der Waals surface area contributed by atoms with Gasteiger partial charge in [0.15, 0.2) is 0 Å². The van der Waals surface area contributed by atoms with Crippen molar-refractivity contribution in [1.29, 1.82) is 0 Å². The molecule has 0 bridgehead atoms. The maximum atomic E-state index is 12.6. The number of rotatable bonds is 3. The minimum Gasteiger partial charge on any atom is -0.338 e. The Morgan fingerprint density at radius 1 is 1.32 bits per heavy atom. The molecule has 22 heavy (non-hydrogen) atoms. The molecule has 2 N–H and O–H groups in total. The number of primary sulfonamides is 1. The smallest absolute Gasteiger partial charge is 0.263 e. The molecular weight excluding hydrogens is 320 g/mol. The number of carbonyl (C=O) groups is 1. The lowest BCUT2D eigenvalue weighted by Crippen LogP contribution is -2.30. The lowest BCUT2D eigenvalue weighted by molar-refractivity contribution is 0.0793. The fourth-order valence-corrected chi connectivity index (χ4v) is 5.56. The van der Waals surface area contributed by atoms with Crippen LogP contribution < -0.4 is 5.14 Å². The molecule has 2 aliphatic rings. The molecule has 0 aromatic carbocycles. The monoisotopic (exact) mass is 342 g/mol. The van der Waals surface area contributed by atoms with Gasteiger partial charge in [-0.15, -0.1) is 11.3 Å². The Morgan fingerprint density at radius 3 is 2.86 bits per heavy atom. The maximum Gasteiger partial charge on any atom is 0.263 e. The summed E-state index contributed by atoms with van der Waals surface area (Å²) in [6.07, 6.45) is 6.56. The van der Waals surface area contributed by atoms with Crippen LogP contribution in [0.5, 0.6) is 0 Å². The van der Waals surface area contributed by atoms with E-state index in [0.29, 0.717) is 19.5 Å². The number of carbonyl (C=O) groups excluding carboxylic acids is 1. The molecule has 1 aromatic rings. The molecule has 0 radical (unpaired) electrons. The predicted octanol–water partition coefficient (Wildman–Crippen LogP) is 1.77. The second-order valence-corrected chi connectivity index (χ2v) is 9.15. The topological polar surface area (TPSA) is 80.5 Å². The molecule has 7 heteroatoms. The number of aryl methyl sites for hydroxylation is 2. The third-order valence-electron chi connectivity index (χ3n) is 4.50. The van der Waals surface area contributed by atoms with Crippen LogP contribution in [0.15, 0.2) is 6.07 Å². The van der Waals surface area contributed by atoms with Crippen LogP contribution in [0.4, 0.5) is 0 Å². The SMILES string of the molecule is NS(=O)(=O)CC1CCN(C(=O)c2cc3c(s2)CCCCC3)C1. The number of nitrogens with zero attached hydrogens (tertiary/aromatic N) is 1. The number of amides is 1. The van der Waals surface area contributed by atoms with Crippen molar-refractivity contribution in [3.8, 4) is 0 Å². The van der Waals surface area contributed by atoms with Gasteiger partial charge >= 0.3 is 0 Å². The number of sulfonamides is 1. The number of fused-ring (bicyclic) bond motifs is 1. The predicted molar refractivity (Wildman–Crippen MR) is 87.6 cm³/mol. The number of hydrogen-bond acceptors (Lipinski definition) is 4. The zero-order valence-corrected chi connectivity index (χ0v) is 14.2. The Bertz CT molecular complexity index is 643. The largest absolute Gasteiger partial charge is 0.338 e. The van der Waals surface area contributed by atoms with Crippen LogP contribution >= 0.6 is 11.3 Å². The van der Waals surface area contributed by atoms with Gasteiger partial charge in [-0.3, -0.25) is 4.79 Å². The number of nitrogens with two attached hydrogens (primary N) is 1. The van der Waals surface area contributed by atoms with Gasteiger partial charge in [-0.25, -0.2) is 13.6 Å². The average molecular weight is 342 g/mol. The first kappa shape index (κ1) is 16.0. The van der Waals surface area contributed by atoms with Gasteiger partial charge in [0.05, 0.1) is 10.6 Å². The summed E-state index contributed by atoms with van der Waals surface area (Å²) in [4.78, 5) is 16.6. The fourth-order valence-electron chi connectivity index (χ4n) is 3.41. The van der Waals surface area contributed by atoms with Crippen LogP contribution in [-0.4, -0.2) is 38.1 Å². The molecule has 122 valence electrons. The van der Waals surface area contributed by atoms with E-state index in [2.05, 4.69) is 6.07 Å². The fraction of sp³-hybridized carbons (Fsp3) is 0.667. The van der Waals surface area contributed by atoms with E-state index < -0.39 is 10.0 Å². The van der Waals surface area contributed by atoms with Crippen LogP contribution in [0.3, 0.4) is 0 Å². The van der Waals surface area contributed by atoms with E-state index in [1.165, 1.54) is 29.7 Å². The Labute approximate surface area is 135 Å².